The number of hydrogen-bond acceptors (Lipinski definition) is 3. The molecule has 0 aromatic heterocycles. The molecule has 0 amide bonds. The van der Waals surface area contributed by atoms with Crippen LogP contribution in [0, 0.1) is 0 Å². The molecule has 0 radical (unpaired) electrons. The van der Waals surface area contributed by atoms with Gasteiger partial charge < -0.3 is 10.2 Å². The molecule has 0 fully saturated rings. The smallest absolute Gasteiger partial charge is 0.152 e. The highest BCUT2D eigenvalue weighted by molar-refractivity contribution is 5.83. The summed E-state index contributed by atoms with van der Waals surface area (Å²) in [6.45, 7) is 4.90. The SMILES string of the molecule is CNC[C@]1(C)CC(C)=NO1. The standard InChI is InChI=1S/C7H14N2O/c1-6-4-7(2,5-8-3)10-9-6/h8H,4-5H2,1-3H3/t7-/m0/s1. The molecule has 1 heterocycles. The molecule has 1 N–H and O–H groups in total. The van der Waals surface area contributed by atoms with Crippen LogP contribution in [0.4, 0.5) is 0 Å². The maximum atomic E-state index is 5.22. The molecule has 3 heteroatoms. The first-order valence-electron chi connectivity index (χ1n) is 3.52. The largest absolute Gasteiger partial charge is 0.388 e. The van der Waals surface area contributed by atoms with Crippen molar-refractivity contribution in [3.8, 4) is 0 Å². The molecule has 0 saturated carbocycles. The normalized spacial score (nSPS) is 31.7. The number of hydrogen-bond donors (Lipinski definition) is 1. The Morgan fingerprint density at radius 3 is 2.90 bits per heavy atom. The van der Waals surface area contributed by atoms with Crippen molar-refractivity contribution >= 4 is 5.71 Å². The van der Waals surface area contributed by atoms with Crippen molar-refractivity contribution in [1.29, 1.82) is 0 Å². The highest BCUT2D eigenvalue weighted by Gasteiger charge is 2.31. The Kier molecular flexibility index (Phi) is 1.94. The molecule has 3 nitrogen and oxygen atoms in total. The summed E-state index contributed by atoms with van der Waals surface area (Å²) >= 11 is 0. The molecule has 1 atom stereocenters. The Bertz CT molecular complexity index is 156. The molecule has 0 aliphatic carbocycles. The third-order valence-electron chi connectivity index (χ3n) is 1.60. The van der Waals surface area contributed by atoms with Crippen molar-refractivity contribution < 1.29 is 4.84 Å². The summed E-state index contributed by atoms with van der Waals surface area (Å²) in [5.41, 5.74) is 0.983. The van der Waals surface area contributed by atoms with E-state index in [-0.39, 0.29) is 5.60 Å². The van der Waals surface area contributed by atoms with E-state index < -0.39 is 0 Å². The minimum Gasteiger partial charge on any atom is -0.388 e. The fourth-order valence-corrected chi connectivity index (χ4v) is 1.26. The van der Waals surface area contributed by atoms with Gasteiger partial charge in [0.05, 0.1) is 5.71 Å². The summed E-state index contributed by atoms with van der Waals surface area (Å²) in [5.74, 6) is 0. The van der Waals surface area contributed by atoms with Gasteiger partial charge in [0, 0.05) is 13.0 Å². The average molecular weight is 142 g/mol. The first-order chi connectivity index (χ1) is 4.66. The summed E-state index contributed by atoms with van der Waals surface area (Å²) in [6.07, 6.45) is 0.938. The highest BCUT2D eigenvalue weighted by atomic mass is 16.7. The predicted octanol–water partition coefficient (Wildman–Crippen LogP) is 0.761. The number of oxime groups is 1. The van der Waals surface area contributed by atoms with E-state index in [1.807, 2.05) is 14.0 Å². The zero-order chi connectivity index (χ0) is 7.61. The van der Waals surface area contributed by atoms with Gasteiger partial charge in [-0.05, 0) is 20.9 Å². The minimum atomic E-state index is -0.0984. The molecule has 10 heavy (non-hydrogen) atoms. The fourth-order valence-electron chi connectivity index (χ4n) is 1.26. The number of nitrogens with one attached hydrogen (secondary N) is 1. The van der Waals surface area contributed by atoms with Gasteiger partial charge in [0.25, 0.3) is 0 Å². The van der Waals surface area contributed by atoms with Crippen LogP contribution in [0.3, 0.4) is 0 Å². The molecule has 1 aliphatic rings. The van der Waals surface area contributed by atoms with Crippen LogP contribution in [0.15, 0.2) is 5.16 Å². The lowest BCUT2D eigenvalue weighted by Gasteiger charge is -2.20. The van der Waals surface area contributed by atoms with E-state index in [0.29, 0.717) is 0 Å². The van der Waals surface area contributed by atoms with Crippen LogP contribution in [-0.2, 0) is 4.84 Å². The first kappa shape index (κ1) is 7.54. The number of nitrogens with zero attached hydrogens (tertiary/aromatic N) is 1. The van der Waals surface area contributed by atoms with E-state index in [2.05, 4.69) is 17.4 Å². The van der Waals surface area contributed by atoms with Crippen molar-refractivity contribution in [2.45, 2.75) is 25.9 Å². The summed E-state index contributed by atoms with van der Waals surface area (Å²) in [5, 5.41) is 6.96. The maximum absolute atomic E-state index is 5.22. The predicted molar refractivity (Wildman–Crippen MR) is 41.1 cm³/mol. The van der Waals surface area contributed by atoms with Gasteiger partial charge in [-0.1, -0.05) is 5.16 Å². The summed E-state index contributed by atoms with van der Waals surface area (Å²) < 4.78 is 0. The Hall–Kier alpha value is -0.570. The van der Waals surface area contributed by atoms with E-state index >= 15 is 0 Å². The van der Waals surface area contributed by atoms with Gasteiger partial charge >= 0.3 is 0 Å². The van der Waals surface area contributed by atoms with Gasteiger partial charge in [-0.25, -0.2) is 0 Å². The van der Waals surface area contributed by atoms with Crippen molar-refractivity contribution in [2.75, 3.05) is 13.6 Å². The Morgan fingerprint density at radius 2 is 2.50 bits per heavy atom. The van der Waals surface area contributed by atoms with Crippen LogP contribution in [-0.4, -0.2) is 24.9 Å². The molecule has 0 aromatic rings. The van der Waals surface area contributed by atoms with E-state index in [9.17, 15) is 0 Å². The zero-order valence-corrected chi connectivity index (χ0v) is 6.77. The monoisotopic (exact) mass is 142 g/mol. The van der Waals surface area contributed by atoms with Crippen molar-refractivity contribution in [3.05, 3.63) is 0 Å². The molecular formula is C7H14N2O. The van der Waals surface area contributed by atoms with Gasteiger partial charge in [-0.15, -0.1) is 0 Å². The number of rotatable bonds is 2. The lowest BCUT2D eigenvalue weighted by molar-refractivity contribution is -0.000963. The average Bonchev–Trinajstić information content (AvgIpc) is 2.12. The molecule has 0 spiro atoms. The Labute approximate surface area is 61.4 Å². The van der Waals surface area contributed by atoms with E-state index in [1.165, 1.54) is 0 Å². The highest BCUT2D eigenvalue weighted by Crippen LogP contribution is 2.21. The summed E-state index contributed by atoms with van der Waals surface area (Å²) in [6, 6.07) is 0. The fraction of sp³-hybridized carbons (Fsp3) is 0.857. The lowest BCUT2D eigenvalue weighted by atomic mass is 10.0. The van der Waals surface area contributed by atoms with Crippen LogP contribution in [0.25, 0.3) is 0 Å². The third-order valence-corrected chi connectivity index (χ3v) is 1.60. The third kappa shape index (κ3) is 1.48. The van der Waals surface area contributed by atoms with Crippen molar-refractivity contribution in [2.24, 2.45) is 5.16 Å². The second-order valence-electron chi connectivity index (χ2n) is 3.07. The lowest BCUT2D eigenvalue weighted by Crippen LogP contribution is -2.36. The Morgan fingerprint density at radius 1 is 1.80 bits per heavy atom. The van der Waals surface area contributed by atoms with Gasteiger partial charge in [0.1, 0.15) is 0 Å². The van der Waals surface area contributed by atoms with Crippen LogP contribution < -0.4 is 5.32 Å². The summed E-state index contributed by atoms with van der Waals surface area (Å²) in [7, 11) is 1.92. The van der Waals surface area contributed by atoms with Crippen LogP contribution in [0.2, 0.25) is 0 Å². The molecule has 1 aliphatic heterocycles. The first-order valence-corrected chi connectivity index (χ1v) is 3.52. The molecule has 1 rings (SSSR count). The van der Waals surface area contributed by atoms with Crippen molar-refractivity contribution in [1.82, 2.24) is 5.32 Å². The molecule has 0 unspecified atom stereocenters. The van der Waals surface area contributed by atoms with Crippen LogP contribution >= 0.6 is 0 Å². The van der Waals surface area contributed by atoms with Gasteiger partial charge in [-0.2, -0.15) is 0 Å². The summed E-state index contributed by atoms with van der Waals surface area (Å²) in [4.78, 5) is 5.22. The molecular weight excluding hydrogens is 128 g/mol. The topological polar surface area (TPSA) is 33.6 Å². The molecule has 0 saturated heterocycles. The second-order valence-corrected chi connectivity index (χ2v) is 3.07. The van der Waals surface area contributed by atoms with E-state index in [1.54, 1.807) is 0 Å². The molecule has 58 valence electrons. The van der Waals surface area contributed by atoms with Crippen LogP contribution in [0.1, 0.15) is 20.3 Å². The quantitative estimate of drug-likeness (QED) is 0.617. The molecule has 0 bridgehead atoms. The van der Waals surface area contributed by atoms with Crippen molar-refractivity contribution in [3.63, 3.8) is 0 Å². The Balaban J connectivity index is 2.44. The molecule has 0 aromatic carbocycles. The van der Waals surface area contributed by atoms with Gasteiger partial charge in [0.15, 0.2) is 5.60 Å². The minimum absolute atomic E-state index is 0.0984. The van der Waals surface area contributed by atoms with Gasteiger partial charge in [-0.3, -0.25) is 0 Å². The maximum Gasteiger partial charge on any atom is 0.152 e. The van der Waals surface area contributed by atoms with Crippen LogP contribution in [0.5, 0.6) is 0 Å². The van der Waals surface area contributed by atoms with E-state index in [0.717, 1.165) is 18.7 Å². The zero-order valence-electron chi connectivity index (χ0n) is 6.77. The van der Waals surface area contributed by atoms with Gasteiger partial charge in [0.2, 0.25) is 0 Å². The van der Waals surface area contributed by atoms with E-state index in [4.69, 9.17) is 4.84 Å². The second kappa shape index (κ2) is 2.58. The number of likely N-dealkylation sites (N-methyl/N-ethyl adjacent to an activating group) is 1.